The van der Waals surface area contributed by atoms with Crippen molar-refractivity contribution >= 4 is 11.7 Å². The van der Waals surface area contributed by atoms with Gasteiger partial charge in [-0.15, -0.1) is 0 Å². The van der Waals surface area contributed by atoms with Gasteiger partial charge < -0.3 is 9.80 Å². The quantitative estimate of drug-likeness (QED) is 0.733. The molecule has 0 aliphatic carbocycles. The van der Waals surface area contributed by atoms with Crippen molar-refractivity contribution < 1.29 is 9.18 Å². The summed E-state index contributed by atoms with van der Waals surface area (Å²) in [6.45, 7) is 2.64. The van der Waals surface area contributed by atoms with Crippen molar-refractivity contribution in [2.75, 3.05) is 45.7 Å². The van der Waals surface area contributed by atoms with Crippen LogP contribution in [0.4, 0.5) is 14.9 Å². The molecule has 1 aromatic rings. The fourth-order valence-electron chi connectivity index (χ4n) is 3.53. The number of halogens is 1. The third-order valence-corrected chi connectivity index (χ3v) is 4.84. The molecule has 2 amide bonds. The van der Waals surface area contributed by atoms with Crippen molar-refractivity contribution in [3.05, 3.63) is 29.6 Å². The van der Waals surface area contributed by atoms with E-state index in [1.165, 1.54) is 6.07 Å². The number of piperidine rings is 1. The summed E-state index contributed by atoms with van der Waals surface area (Å²) in [5.41, 5.74) is 1.79. The zero-order valence-electron chi connectivity index (χ0n) is 12.9. The van der Waals surface area contributed by atoms with E-state index in [4.69, 9.17) is 0 Å². The lowest BCUT2D eigenvalue weighted by Crippen LogP contribution is -2.46. The number of hydrogen-bond donors (Lipinski definition) is 0. The van der Waals surface area contributed by atoms with Gasteiger partial charge in [-0.1, -0.05) is 0 Å². The van der Waals surface area contributed by atoms with E-state index in [0.29, 0.717) is 6.54 Å². The zero-order valence-corrected chi connectivity index (χ0v) is 12.9. The fraction of sp³-hybridized carbons (Fsp3) is 0.562. The highest BCUT2D eigenvalue weighted by atomic mass is 19.1. The van der Waals surface area contributed by atoms with Gasteiger partial charge >= 0.3 is 6.03 Å². The zero-order chi connectivity index (χ0) is 15.2. The van der Waals surface area contributed by atoms with E-state index in [2.05, 4.69) is 11.9 Å². The number of benzene rings is 1. The van der Waals surface area contributed by atoms with Gasteiger partial charge in [0.2, 0.25) is 0 Å². The highest BCUT2D eigenvalue weighted by molar-refractivity contribution is 5.95. The molecule has 0 saturated carbocycles. The molecule has 21 heavy (non-hydrogen) atoms. The Bertz CT molecular complexity index is 565. The largest absolute Gasteiger partial charge is 0.330 e. The summed E-state index contributed by atoms with van der Waals surface area (Å²) in [7, 11) is 5.62. The van der Waals surface area contributed by atoms with E-state index in [9.17, 15) is 9.18 Å². The van der Waals surface area contributed by atoms with Crippen LogP contribution in [0.3, 0.4) is 0 Å². The van der Waals surface area contributed by atoms with E-state index in [0.717, 1.165) is 37.2 Å². The molecule has 0 aromatic heterocycles. The number of fused-ring (bicyclic) bond motifs is 2. The Kier molecular flexibility index (Phi) is 3.40. The van der Waals surface area contributed by atoms with Crippen molar-refractivity contribution in [3.63, 3.8) is 0 Å². The monoisotopic (exact) mass is 291 g/mol. The van der Waals surface area contributed by atoms with Crippen LogP contribution in [0.25, 0.3) is 0 Å². The van der Waals surface area contributed by atoms with Gasteiger partial charge in [0.1, 0.15) is 5.82 Å². The average Bonchev–Trinajstić information content (AvgIpc) is 2.76. The van der Waals surface area contributed by atoms with Crippen LogP contribution in [0.15, 0.2) is 18.2 Å². The standard InChI is InChI=1S/C16H22FN3O/c1-18(2)15(21)20-11-16(6-8-19(3)9-7-16)13-10-12(17)4-5-14(13)20/h4-5,10H,6-9,11H2,1-3H3. The Hall–Kier alpha value is -1.62. The van der Waals surface area contributed by atoms with Gasteiger partial charge in [-0.2, -0.15) is 0 Å². The summed E-state index contributed by atoms with van der Waals surface area (Å²) in [6, 6.07) is 4.80. The Labute approximate surface area is 125 Å². The number of nitrogens with zero attached hydrogens (tertiary/aromatic N) is 3. The normalized spacial score (nSPS) is 20.7. The van der Waals surface area contributed by atoms with Gasteiger partial charge in [-0.05, 0) is 56.7 Å². The number of anilines is 1. The molecule has 0 N–H and O–H groups in total. The van der Waals surface area contributed by atoms with Crippen molar-refractivity contribution in [3.8, 4) is 0 Å². The average molecular weight is 291 g/mol. The molecule has 114 valence electrons. The van der Waals surface area contributed by atoms with Crippen LogP contribution >= 0.6 is 0 Å². The Morgan fingerprint density at radius 3 is 2.57 bits per heavy atom. The number of urea groups is 1. The highest BCUT2D eigenvalue weighted by Gasteiger charge is 2.46. The summed E-state index contributed by atoms with van der Waals surface area (Å²) >= 11 is 0. The predicted molar refractivity (Wildman–Crippen MR) is 81.2 cm³/mol. The molecule has 2 aliphatic rings. The first-order chi connectivity index (χ1) is 9.93. The molecule has 1 saturated heterocycles. The molecule has 0 bridgehead atoms. The minimum atomic E-state index is -0.216. The molecule has 2 heterocycles. The Morgan fingerprint density at radius 2 is 1.95 bits per heavy atom. The topological polar surface area (TPSA) is 26.8 Å². The summed E-state index contributed by atoms with van der Waals surface area (Å²) in [4.78, 5) is 18.1. The molecule has 1 aromatic carbocycles. The van der Waals surface area contributed by atoms with Gasteiger partial charge in [0, 0.05) is 31.7 Å². The van der Waals surface area contributed by atoms with E-state index in [1.807, 2.05) is 0 Å². The van der Waals surface area contributed by atoms with Crippen molar-refractivity contribution in [1.29, 1.82) is 0 Å². The van der Waals surface area contributed by atoms with E-state index < -0.39 is 0 Å². The van der Waals surface area contributed by atoms with Gasteiger partial charge in [0.15, 0.2) is 0 Å². The second-order valence-corrected chi connectivity index (χ2v) is 6.51. The minimum absolute atomic E-state index is 0.0290. The van der Waals surface area contributed by atoms with Crippen LogP contribution in [-0.4, -0.2) is 56.6 Å². The van der Waals surface area contributed by atoms with Crippen LogP contribution in [0.2, 0.25) is 0 Å². The SMILES string of the molecule is CN1CCC2(CC1)CN(C(=O)N(C)C)c1ccc(F)cc12. The molecule has 0 radical (unpaired) electrons. The molecular weight excluding hydrogens is 269 g/mol. The van der Waals surface area contributed by atoms with E-state index in [1.54, 1.807) is 36.0 Å². The van der Waals surface area contributed by atoms with Crippen LogP contribution in [0.1, 0.15) is 18.4 Å². The van der Waals surface area contributed by atoms with Crippen LogP contribution in [0.5, 0.6) is 0 Å². The number of likely N-dealkylation sites (tertiary alicyclic amines) is 1. The molecule has 0 atom stereocenters. The van der Waals surface area contributed by atoms with Gasteiger partial charge in [-0.25, -0.2) is 9.18 Å². The maximum Gasteiger partial charge on any atom is 0.323 e. The van der Waals surface area contributed by atoms with Crippen LogP contribution in [-0.2, 0) is 5.41 Å². The second-order valence-electron chi connectivity index (χ2n) is 6.51. The maximum absolute atomic E-state index is 13.7. The summed E-state index contributed by atoms with van der Waals surface area (Å²) in [6.07, 6.45) is 1.94. The van der Waals surface area contributed by atoms with Gasteiger partial charge in [0.05, 0.1) is 0 Å². The predicted octanol–water partition coefficient (Wildman–Crippen LogP) is 2.29. The van der Waals surface area contributed by atoms with Gasteiger partial charge in [0.25, 0.3) is 0 Å². The highest BCUT2D eigenvalue weighted by Crippen LogP contribution is 2.47. The summed E-state index contributed by atoms with van der Waals surface area (Å²) in [5, 5.41) is 0. The smallest absolute Gasteiger partial charge is 0.323 e. The van der Waals surface area contributed by atoms with Crippen LogP contribution < -0.4 is 4.90 Å². The molecule has 2 aliphatic heterocycles. The number of amides is 2. The molecule has 3 rings (SSSR count). The molecule has 1 spiro atoms. The maximum atomic E-state index is 13.7. The Balaban J connectivity index is 2.02. The molecular formula is C16H22FN3O. The molecule has 5 heteroatoms. The fourth-order valence-corrected chi connectivity index (χ4v) is 3.53. The van der Waals surface area contributed by atoms with E-state index >= 15 is 0 Å². The first kappa shape index (κ1) is 14.3. The van der Waals surface area contributed by atoms with Gasteiger partial charge in [-0.3, -0.25) is 4.90 Å². The first-order valence-corrected chi connectivity index (χ1v) is 7.40. The lowest BCUT2D eigenvalue weighted by molar-refractivity contribution is 0.192. The number of rotatable bonds is 0. The second kappa shape index (κ2) is 4.98. The molecule has 4 nitrogen and oxygen atoms in total. The Morgan fingerprint density at radius 1 is 1.29 bits per heavy atom. The lowest BCUT2D eigenvalue weighted by atomic mass is 9.74. The molecule has 0 unspecified atom stereocenters. The van der Waals surface area contributed by atoms with Crippen LogP contribution in [0, 0.1) is 5.82 Å². The minimum Gasteiger partial charge on any atom is -0.330 e. The number of hydrogen-bond acceptors (Lipinski definition) is 2. The summed E-state index contributed by atoms with van der Waals surface area (Å²) < 4.78 is 13.7. The van der Waals surface area contributed by atoms with Crippen molar-refractivity contribution in [2.45, 2.75) is 18.3 Å². The third-order valence-electron chi connectivity index (χ3n) is 4.84. The number of carbonyl (C=O) groups excluding carboxylic acids is 1. The van der Waals surface area contributed by atoms with E-state index in [-0.39, 0.29) is 17.3 Å². The third kappa shape index (κ3) is 2.29. The molecule has 1 fully saturated rings. The van der Waals surface area contributed by atoms with Crippen molar-refractivity contribution in [2.24, 2.45) is 0 Å². The lowest BCUT2D eigenvalue weighted by Gasteiger charge is -2.38. The first-order valence-electron chi connectivity index (χ1n) is 7.40. The summed E-state index contributed by atoms with van der Waals surface area (Å²) in [5.74, 6) is -0.216. The number of carbonyl (C=O) groups is 1. The van der Waals surface area contributed by atoms with Crippen molar-refractivity contribution in [1.82, 2.24) is 9.80 Å².